The molecule has 1 amide bonds. The van der Waals surface area contributed by atoms with Crippen LogP contribution in [0.2, 0.25) is 0 Å². The number of rotatable bonds is 5. The van der Waals surface area contributed by atoms with E-state index in [4.69, 9.17) is 5.73 Å². The Kier molecular flexibility index (Phi) is 4.86. The summed E-state index contributed by atoms with van der Waals surface area (Å²) in [5.74, 6) is 0.789. The van der Waals surface area contributed by atoms with E-state index in [0.29, 0.717) is 10.6 Å². The molecule has 20 heavy (non-hydrogen) atoms. The molecule has 0 bridgehead atoms. The maximum absolute atomic E-state index is 12.2. The van der Waals surface area contributed by atoms with Crippen molar-refractivity contribution in [3.05, 3.63) is 4.88 Å². The van der Waals surface area contributed by atoms with Gasteiger partial charge in [-0.3, -0.25) is 4.79 Å². The van der Waals surface area contributed by atoms with Gasteiger partial charge in [0.2, 0.25) is 0 Å². The summed E-state index contributed by atoms with van der Waals surface area (Å²) in [7, 11) is 5.63. The highest BCUT2D eigenvalue weighted by molar-refractivity contribution is 7.99. The van der Waals surface area contributed by atoms with Crippen molar-refractivity contribution >= 4 is 39.7 Å². The fourth-order valence-electron chi connectivity index (χ4n) is 2.37. The number of nitrogen functional groups attached to an aromatic ring is 1. The molecule has 1 aliphatic rings. The van der Waals surface area contributed by atoms with E-state index >= 15 is 0 Å². The van der Waals surface area contributed by atoms with Gasteiger partial charge in [0.15, 0.2) is 0 Å². The van der Waals surface area contributed by atoms with Crippen LogP contribution in [0.25, 0.3) is 0 Å². The molecule has 1 heterocycles. The number of nitrogens with zero attached hydrogens (tertiary/aromatic N) is 2. The Morgan fingerprint density at radius 1 is 1.40 bits per heavy atom. The minimum Gasteiger partial charge on any atom is -0.396 e. The predicted octanol–water partition coefficient (Wildman–Crippen LogP) is 2.99. The highest BCUT2D eigenvalue weighted by atomic mass is 32.2. The van der Waals surface area contributed by atoms with Crippen LogP contribution in [0.4, 0.5) is 10.7 Å². The zero-order chi connectivity index (χ0) is 14.9. The average molecular weight is 313 g/mol. The van der Waals surface area contributed by atoms with E-state index in [1.807, 2.05) is 6.26 Å². The molecule has 0 aliphatic heterocycles. The van der Waals surface area contributed by atoms with Gasteiger partial charge in [-0.05, 0) is 25.0 Å². The Morgan fingerprint density at radius 2 is 2.05 bits per heavy atom. The van der Waals surface area contributed by atoms with Crippen molar-refractivity contribution in [2.75, 3.05) is 44.6 Å². The van der Waals surface area contributed by atoms with Gasteiger partial charge in [-0.1, -0.05) is 6.42 Å². The zero-order valence-corrected chi connectivity index (χ0v) is 14.2. The molecule has 2 N–H and O–H groups in total. The summed E-state index contributed by atoms with van der Waals surface area (Å²) in [6.45, 7) is 1.06. The first kappa shape index (κ1) is 15.5. The van der Waals surface area contributed by atoms with Crippen molar-refractivity contribution in [1.29, 1.82) is 0 Å². The maximum Gasteiger partial charge on any atom is 0.265 e. The van der Waals surface area contributed by atoms with E-state index in [9.17, 15) is 4.79 Å². The van der Waals surface area contributed by atoms with Gasteiger partial charge in [0.25, 0.3) is 5.91 Å². The summed E-state index contributed by atoms with van der Waals surface area (Å²) in [6, 6.07) is 0. The van der Waals surface area contributed by atoms with Crippen LogP contribution < -0.4 is 10.6 Å². The van der Waals surface area contributed by atoms with Crippen LogP contribution in [0, 0.1) is 5.92 Å². The minimum absolute atomic E-state index is 0.00825. The fourth-order valence-corrected chi connectivity index (χ4v) is 4.57. The Balaban J connectivity index is 2.27. The zero-order valence-electron chi connectivity index (χ0n) is 12.6. The molecule has 1 saturated carbocycles. The number of thioether (sulfide) groups is 1. The molecule has 1 aromatic rings. The van der Waals surface area contributed by atoms with Gasteiger partial charge in [-0.25, -0.2) is 0 Å². The second-order valence-corrected chi connectivity index (χ2v) is 7.38. The lowest BCUT2D eigenvalue weighted by Crippen LogP contribution is -2.29. The van der Waals surface area contributed by atoms with Gasteiger partial charge in [0, 0.05) is 27.7 Å². The first-order valence-corrected chi connectivity index (χ1v) is 8.88. The van der Waals surface area contributed by atoms with Crippen molar-refractivity contribution in [3.63, 3.8) is 0 Å². The summed E-state index contributed by atoms with van der Waals surface area (Å²) < 4.78 is 0. The van der Waals surface area contributed by atoms with Crippen LogP contribution in [-0.4, -0.2) is 44.8 Å². The van der Waals surface area contributed by atoms with Crippen LogP contribution in [0.3, 0.4) is 0 Å². The normalized spacial score (nSPS) is 15.0. The van der Waals surface area contributed by atoms with Crippen molar-refractivity contribution in [2.24, 2.45) is 5.92 Å². The standard InChI is InChI=1S/C14H23N3OS2/c1-16(2)13(18)11-10(15)12(19-4)14(20-11)17(3)8-9-6-5-7-9/h9H,5-8,15H2,1-4H3. The van der Waals surface area contributed by atoms with Crippen LogP contribution in [0.5, 0.6) is 0 Å². The first-order valence-electron chi connectivity index (χ1n) is 6.84. The summed E-state index contributed by atoms with van der Waals surface area (Å²) in [6.07, 6.45) is 6.01. The van der Waals surface area contributed by atoms with Crippen molar-refractivity contribution in [1.82, 2.24) is 4.90 Å². The summed E-state index contributed by atoms with van der Waals surface area (Å²) in [4.78, 5) is 17.7. The van der Waals surface area contributed by atoms with Crippen LogP contribution >= 0.6 is 23.1 Å². The Morgan fingerprint density at radius 3 is 2.50 bits per heavy atom. The molecule has 1 aliphatic carbocycles. The van der Waals surface area contributed by atoms with E-state index < -0.39 is 0 Å². The number of amides is 1. The molecular weight excluding hydrogens is 290 g/mol. The molecular formula is C14H23N3OS2. The lowest BCUT2D eigenvalue weighted by atomic mass is 9.85. The number of nitrogens with two attached hydrogens (primary N) is 1. The van der Waals surface area contributed by atoms with Crippen molar-refractivity contribution < 1.29 is 4.79 Å². The molecule has 1 fully saturated rings. The molecule has 0 saturated heterocycles. The fraction of sp³-hybridized carbons (Fsp3) is 0.643. The smallest absolute Gasteiger partial charge is 0.265 e. The van der Waals surface area contributed by atoms with E-state index in [1.165, 1.54) is 30.6 Å². The molecule has 112 valence electrons. The van der Waals surface area contributed by atoms with Crippen LogP contribution in [-0.2, 0) is 0 Å². The number of anilines is 2. The van der Waals surface area contributed by atoms with Crippen LogP contribution in [0.15, 0.2) is 4.90 Å². The number of hydrogen-bond donors (Lipinski definition) is 1. The largest absolute Gasteiger partial charge is 0.396 e. The number of thiophene rings is 1. The summed E-state index contributed by atoms with van der Waals surface area (Å²) in [5, 5.41) is 1.13. The molecule has 0 aromatic carbocycles. The molecule has 0 unspecified atom stereocenters. The molecule has 0 radical (unpaired) electrons. The van der Waals surface area contributed by atoms with Gasteiger partial charge >= 0.3 is 0 Å². The van der Waals surface area contributed by atoms with Gasteiger partial charge in [0.05, 0.1) is 10.6 Å². The summed E-state index contributed by atoms with van der Waals surface area (Å²) in [5.41, 5.74) is 6.82. The highest BCUT2D eigenvalue weighted by Crippen LogP contribution is 2.44. The van der Waals surface area contributed by atoms with Gasteiger partial charge in [0.1, 0.15) is 9.88 Å². The van der Waals surface area contributed by atoms with Crippen molar-refractivity contribution in [2.45, 2.75) is 24.2 Å². The van der Waals surface area contributed by atoms with E-state index in [1.54, 1.807) is 30.8 Å². The quantitative estimate of drug-likeness (QED) is 0.849. The van der Waals surface area contributed by atoms with Gasteiger partial charge < -0.3 is 15.5 Å². The maximum atomic E-state index is 12.2. The topological polar surface area (TPSA) is 49.6 Å². The van der Waals surface area contributed by atoms with Crippen molar-refractivity contribution in [3.8, 4) is 0 Å². The molecule has 4 nitrogen and oxygen atoms in total. The second kappa shape index (κ2) is 6.26. The van der Waals surface area contributed by atoms with Gasteiger partial charge in [-0.15, -0.1) is 23.1 Å². The number of hydrogen-bond acceptors (Lipinski definition) is 5. The second-order valence-electron chi connectivity index (χ2n) is 5.56. The monoisotopic (exact) mass is 313 g/mol. The molecule has 2 rings (SSSR count). The summed E-state index contributed by atoms with van der Waals surface area (Å²) >= 11 is 3.15. The minimum atomic E-state index is -0.00825. The lowest BCUT2D eigenvalue weighted by molar-refractivity contribution is 0.0833. The molecule has 6 heteroatoms. The highest BCUT2D eigenvalue weighted by Gasteiger charge is 2.26. The van der Waals surface area contributed by atoms with E-state index in [-0.39, 0.29) is 5.91 Å². The van der Waals surface area contributed by atoms with E-state index in [0.717, 1.165) is 22.4 Å². The third-order valence-corrected chi connectivity index (χ3v) is 6.05. The Bertz CT molecular complexity index is 495. The van der Waals surface area contributed by atoms with Crippen LogP contribution in [0.1, 0.15) is 28.9 Å². The average Bonchev–Trinajstić information content (AvgIpc) is 2.69. The first-order chi connectivity index (χ1) is 9.45. The molecule has 0 spiro atoms. The molecule has 1 aromatic heterocycles. The lowest BCUT2D eigenvalue weighted by Gasteiger charge is -2.31. The third-order valence-electron chi connectivity index (χ3n) is 3.79. The number of carbonyl (C=O) groups excluding carboxylic acids is 1. The third kappa shape index (κ3) is 2.91. The van der Waals surface area contributed by atoms with Gasteiger partial charge in [-0.2, -0.15) is 0 Å². The number of carbonyl (C=O) groups is 1. The molecule has 0 atom stereocenters. The van der Waals surface area contributed by atoms with E-state index in [2.05, 4.69) is 11.9 Å². The SMILES string of the molecule is CSc1c(N(C)CC2CCC2)sc(C(=O)N(C)C)c1N. The Labute approximate surface area is 129 Å². The Hall–Kier alpha value is -0.880. The predicted molar refractivity (Wildman–Crippen MR) is 89.1 cm³/mol.